The van der Waals surface area contributed by atoms with Crippen molar-refractivity contribution in [2.75, 3.05) is 26.7 Å². The molecule has 0 radical (unpaired) electrons. The Balaban J connectivity index is 1.72. The van der Waals surface area contributed by atoms with Crippen molar-refractivity contribution in [3.05, 3.63) is 0 Å². The Morgan fingerprint density at radius 3 is 2.21 bits per heavy atom. The van der Waals surface area contributed by atoms with Crippen molar-refractivity contribution in [3.63, 3.8) is 0 Å². The number of nitrogens with one attached hydrogen (secondary N) is 1. The molecule has 0 aromatic rings. The van der Waals surface area contributed by atoms with E-state index in [0.29, 0.717) is 18.2 Å². The molecule has 2 fully saturated rings. The van der Waals surface area contributed by atoms with E-state index in [1.165, 1.54) is 19.3 Å². The summed E-state index contributed by atoms with van der Waals surface area (Å²) in [6, 6.07) is 0. The lowest BCUT2D eigenvalue weighted by atomic mass is 9.85. The molecule has 0 bridgehead atoms. The van der Waals surface area contributed by atoms with Crippen molar-refractivity contribution in [1.82, 2.24) is 10.2 Å². The second-order valence-electron chi connectivity index (χ2n) is 5.97. The van der Waals surface area contributed by atoms with Crippen molar-refractivity contribution in [2.45, 2.75) is 44.9 Å². The van der Waals surface area contributed by atoms with Gasteiger partial charge in [-0.2, -0.15) is 0 Å². The third-order valence-corrected chi connectivity index (χ3v) is 4.64. The van der Waals surface area contributed by atoms with Gasteiger partial charge in [0.25, 0.3) is 0 Å². The van der Waals surface area contributed by atoms with E-state index in [4.69, 9.17) is 0 Å². The number of carbonyl (C=O) groups is 2. The first-order chi connectivity index (χ1) is 9.20. The standard InChI is InChI=1S/C15H26N2O2/c1-16-15(19)13-7-9-17(10-8-13)11-14(18)12-5-3-2-4-6-12/h12-13H,2-11H2,1H3,(H,16,19). The fraction of sp³-hybridized carbons (Fsp3) is 0.867. The second kappa shape index (κ2) is 7.04. The summed E-state index contributed by atoms with van der Waals surface area (Å²) in [6.07, 6.45) is 7.68. The number of likely N-dealkylation sites (tertiary alicyclic amines) is 1. The summed E-state index contributed by atoms with van der Waals surface area (Å²) in [5.41, 5.74) is 0. The van der Waals surface area contributed by atoms with Crippen LogP contribution in [0.1, 0.15) is 44.9 Å². The largest absolute Gasteiger partial charge is 0.359 e. The Bertz CT molecular complexity index is 316. The number of rotatable bonds is 4. The first-order valence-corrected chi connectivity index (χ1v) is 7.67. The van der Waals surface area contributed by atoms with Gasteiger partial charge in [-0.1, -0.05) is 19.3 Å². The Hall–Kier alpha value is -0.900. The van der Waals surface area contributed by atoms with Gasteiger partial charge in [0.05, 0.1) is 6.54 Å². The van der Waals surface area contributed by atoms with Crippen LogP contribution in [0.4, 0.5) is 0 Å². The van der Waals surface area contributed by atoms with E-state index in [1.807, 2.05) is 0 Å². The molecule has 108 valence electrons. The van der Waals surface area contributed by atoms with Gasteiger partial charge in [0.1, 0.15) is 5.78 Å². The highest BCUT2D eigenvalue weighted by Crippen LogP contribution is 2.25. The molecule has 1 aliphatic heterocycles. The number of nitrogens with zero attached hydrogens (tertiary/aromatic N) is 1. The summed E-state index contributed by atoms with van der Waals surface area (Å²) in [5.74, 6) is 1.03. The zero-order chi connectivity index (χ0) is 13.7. The number of hydrogen-bond donors (Lipinski definition) is 1. The molecule has 1 aliphatic carbocycles. The van der Waals surface area contributed by atoms with Gasteiger partial charge in [-0.15, -0.1) is 0 Å². The van der Waals surface area contributed by atoms with Crippen LogP contribution in [0.15, 0.2) is 0 Å². The molecule has 0 aromatic carbocycles. The molecule has 1 saturated carbocycles. The molecule has 2 aliphatic rings. The Kier molecular flexibility index (Phi) is 5.37. The maximum atomic E-state index is 12.2. The minimum atomic E-state index is 0.144. The van der Waals surface area contributed by atoms with Gasteiger partial charge in [-0.25, -0.2) is 0 Å². The van der Waals surface area contributed by atoms with Crippen molar-refractivity contribution in [1.29, 1.82) is 0 Å². The van der Waals surface area contributed by atoms with Gasteiger partial charge in [0.15, 0.2) is 0 Å². The van der Waals surface area contributed by atoms with E-state index in [1.54, 1.807) is 7.05 Å². The SMILES string of the molecule is CNC(=O)C1CCN(CC(=O)C2CCCCC2)CC1. The molecule has 19 heavy (non-hydrogen) atoms. The molecule has 1 N–H and O–H groups in total. The Labute approximate surface area is 115 Å². The van der Waals surface area contributed by atoms with Crippen LogP contribution < -0.4 is 5.32 Å². The molecule has 4 heteroatoms. The molecular formula is C15H26N2O2. The van der Waals surface area contributed by atoms with Crippen molar-refractivity contribution < 1.29 is 9.59 Å². The molecule has 0 aromatic heterocycles. The smallest absolute Gasteiger partial charge is 0.222 e. The van der Waals surface area contributed by atoms with E-state index < -0.39 is 0 Å². The summed E-state index contributed by atoms with van der Waals surface area (Å²) in [6.45, 7) is 2.37. The first kappa shape index (κ1) is 14.5. The number of carbonyl (C=O) groups excluding carboxylic acids is 2. The van der Waals surface area contributed by atoms with Crippen LogP contribution in [0.25, 0.3) is 0 Å². The normalized spacial score (nSPS) is 23.2. The van der Waals surface area contributed by atoms with Gasteiger partial charge in [-0.3, -0.25) is 14.5 Å². The highest BCUT2D eigenvalue weighted by atomic mass is 16.1. The zero-order valence-corrected chi connectivity index (χ0v) is 12.0. The van der Waals surface area contributed by atoms with E-state index in [-0.39, 0.29) is 11.8 Å². The summed E-state index contributed by atoms with van der Waals surface area (Å²) in [7, 11) is 1.70. The number of piperidine rings is 1. The van der Waals surface area contributed by atoms with Gasteiger partial charge < -0.3 is 5.32 Å². The quantitative estimate of drug-likeness (QED) is 0.840. The Morgan fingerprint density at radius 1 is 1.00 bits per heavy atom. The average Bonchev–Trinajstić information content (AvgIpc) is 2.48. The molecule has 4 nitrogen and oxygen atoms in total. The van der Waals surface area contributed by atoms with Crippen LogP contribution in [-0.2, 0) is 9.59 Å². The fourth-order valence-electron chi connectivity index (χ4n) is 3.33. The first-order valence-electron chi connectivity index (χ1n) is 7.67. The lowest BCUT2D eigenvalue weighted by Crippen LogP contribution is -2.42. The minimum Gasteiger partial charge on any atom is -0.359 e. The molecular weight excluding hydrogens is 240 g/mol. The average molecular weight is 266 g/mol. The summed E-state index contributed by atoms with van der Waals surface area (Å²) in [4.78, 5) is 26.0. The highest BCUT2D eigenvalue weighted by molar-refractivity contribution is 5.83. The molecule has 0 spiro atoms. The van der Waals surface area contributed by atoms with Crippen LogP contribution in [0, 0.1) is 11.8 Å². The summed E-state index contributed by atoms with van der Waals surface area (Å²) >= 11 is 0. The molecule has 0 atom stereocenters. The van der Waals surface area contributed by atoms with Gasteiger partial charge in [0.2, 0.25) is 5.91 Å². The highest BCUT2D eigenvalue weighted by Gasteiger charge is 2.27. The van der Waals surface area contributed by atoms with Crippen molar-refractivity contribution in [3.8, 4) is 0 Å². The molecule has 1 saturated heterocycles. The van der Waals surface area contributed by atoms with Crippen molar-refractivity contribution in [2.24, 2.45) is 11.8 Å². The van der Waals surface area contributed by atoms with E-state index >= 15 is 0 Å². The zero-order valence-electron chi connectivity index (χ0n) is 12.0. The summed E-state index contributed by atoms with van der Waals surface area (Å²) < 4.78 is 0. The van der Waals surface area contributed by atoms with Crippen LogP contribution in [-0.4, -0.2) is 43.3 Å². The maximum absolute atomic E-state index is 12.2. The van der Waals surface area contributed by atoms with Gasteiger partial charge in [0, 0.05) is 18.9 Å². The second-order valence-corrected chi connectivity index (χ2v) is 5.97. The number of ketones is 1. The molecule has 1 amide bonds. The van der Waals surface area contributed by atoms with E-state index in [2.05, 4.69) is 10.2 Å². The van der Waals surface area contributed by atoms with Gasteiger partial charge >= 0.3 is 0 Å². The number of Topliss-reactive ketones (excluding diaryl/α,β-unsaturated/α-hetero) is 1. The predicted octanol–water partition coefficient (Wildman–Crippen LogP) is 1.59. The lowest BCUT2D eigenvalue weighted by Gasteiger charge is -2.32. The monoisotopic (exact) mass is 266 g/mol. The third kappa shape index (κ3) is 4.03. The van der Waals surface area contributed by atoms with Crippen LogP contribution >= 0.6 is 0 Å². The van der Waals surface area contributed by atoms with E-state index in [0.717, 1.165) is 38.8 Å². The molecule has 2 rings (SSSR count). The minimum absolute atomic E-state index is 0.144. The maximum Gasteiger partial charge on any atom is 0.222 e. The molecule has 1 heterocycles. The Morgan fingerprint density at radius 2 is 1.63 bits per heavy atom. The number of amides is 1. The summed E-state index contributed by atoms with van der Waals surface area (Å²) in [5, 5.41) is 2.72. The topological polar surface area (TPSA) is 49.4 Å². The van der Waals surface area contributed by atoms with Gasteiger partial charge in [-0.05, 0) is 38.8 Å². The van der Waals surface area contributed by atoms with E-state index in [9.17, 15) is 9.59 Å². The fourth-order valence-corrected chi connectivity index (χ4v) is 3.33. The van der Waals surface area contributed by atoms with Crippen LogP contribution in [0.3, 0.4) is 0 Å². The molecule has 0 unspecified atom stereocenters. The number of hydrogen-bond acceptors (Lipinski definition) is 3. The third-order valence-electron chi connectivity index (χ3n) is 4.64. The predicted molar refractivity (Wildman–Crippen MR) is 74.8 cm³/mol. The van der Waals surface area contributed by atoms with Crippen LogP contribution in [0.2, 0.25) is 0 Å². The van der Waals surface area contributed by atoms with Crippen molar-refractivity contribution >= 4 is 11.7 Å². The van der Waals surface area contributed by atoms with Crippen LogP contribution in [0.5, 0.6) is 0 Å². The lowest BCUT2D eigenvalue weighted by molar-refractivity contribution is -0.127.